The van der Waals surface area contributed by atoms with E-state index in [2.05, 4.69) is 25.8 Å². The third kappa shape index (κ3) is 5.28. The van der Waals surface area contributed by atoms with E-state index in [1.54, 1.807) is 12.3 Å². The lowest BCUT2D eigenvalue weighted by molar-refractivity contribution is -0.137. The van der Waals surface area contributed by atoms with Crippen LogP contribution in [0.4, 0.5) is 17.6 Å². The van der Waals surface area contributed by atoms with Gasteiger partial charge in [-0.1, -0.05) is 0 Å². The highest BCUT2D eigenvalue weighted by molar-refractivity contribution is 9.10. The van der Waals surface area contributed by atoms with Gasteiger partial charge in [0.1, 0.15) is 16.8 Å². The van der Waals surface area contributed by atoms with E-state index in [4.69, 9.17) is 0 Å². The fraction of sp³-hybridized carbons (Fsp3) is 0.375. The minimum absolute atomic E-state index is 0.203. The molecule has 0 bridgehead atoms. The van der Waals surface area contributed by atoms with Crippen LogP contribution < -0.4 is 4.72 Å². The number of alkyl halides is 3. The zero-order valence-corrected chi connectivity index (χ0v) is 21.2. The first-order valence-electron chi connectivity index (χ1n) is 10.8. The summed E-state index contributed by atoms with van der Waals surface area (Å²) in [7, 11) is -1.74. The summed E-state index contributed by atoms with van der Waals surface area (Å²) in [5.74, 6) is -0.173. The van der Waals surface area contributed by atoms with Crippen molar-refractivity contribution >= 4 is 26.9 Å². The molecular weight excluding hydrogens is 534 g/mol. The third-order valence-electron chi connectivity index (χ3n) is 5.68. The van der Waals surface area contributed by atoms with Crippen molar-refractivity contribution in [2.45, 2.75) is 56.3 Å². The van der Waals surface area contributed by atoms with Crippen molar-refractivity contribution in [3.8, 4) is 11.3 Å². The molecule has 2 aromatic carbocycles. The van der Waals surface area contributed by atoms with E-state index in [0.29, 0.717) is 4.47 Å². The topological polar surface area (TPSA) is 46.9 Å². The molecule has 1 fully saturated rings. The molecule has 0 amide bonds. The molecule has 1 unspecified atom stereocenters. The van der Waals surface area contributed by atoms with Crippen molar-refractivity contribution in [2.75, 3.05) is 0 Å². The molecule has 0 saturated heterocycles. The molecule has 182 valence electrons. The summed E-state index contributed by atoms with van der Waals surface area (Å²) >= 11 is 3.46. The molecule has 3 aromatic rings. The molecule has 1 N–H and O–H groups in total. The molecule has 4 nitrogen and oxygen atoms in total. The number of rotatable bonds is 6. The Morgan fingerprint density at radius 2 is 1.76 bits per heavy atom. The molecule has 0 aliphatic heterocycles. The summed E-state index contributed by atoms with van der Waals surface area (Å²) in [6.45, 7) is 6.01. The van der Waals surface area contributed by atoms with Gasteiger partial charge in [0.05, 0.1) is 33.9 Å². The van der Waals surface area contributed by atoms with Gasteiger partial charge in [0.25, 0.3) is 0 Å². The van der Waals surface area contributed by atoms with Crippen LogP contribution in [0.1, 0.15) is 50.8 Å². The van der Waals surface area contributed by atoms with Crippen LogP contribution in [-0.2, 0) is 22.7 Å². The first-order valence-corrected chi connectivity index (χ1v) is 12.7. The standard InChI is InChI=1S/C24H24BrF4N3OS/c1-23(2,3)32-22(18-11-8-16(26)12-20(18)25)19(13-30-32)21(14-4-5-14)31-34(33)17-9-6-15(7-10-17)24(27,28)29/h6-14,21,31H,4-5H2,1-3H3/t21-,34?/m1/s1. The highest BCUT2D eigenvalue weighted by Crippen LogP contribution is 2.46. The smallest absolute Gasteiger partial charge is 0.259 e. The Morgan fingerprint density at radius 1 is 1.12 bits per heavy atom. The van der Waals surface area contributed by atoms with Crippen LogP contribution in [0.2, 0.25) is 0 Å². The van der Waals surface area contributed by atoms with Crippen LogP contribution in [0.3, 0.4) is 0 Å². The first-order chi connectivity index (χ1) is 15.9. The molecule has 0 spiro atoms. The number of hydrogen-bond acceptors (Lipinski definition) is 2. The van der Waals surface area contributed by atoms with Gasteiger partial charge in [-0.15, -0.1) is 0 Å². The lowest BCUT2D eigenvalue weighted by Crippen LogP contribution is -2.27. The molecule has 10 heteroatoms. The third-order valence-corrected chi connectivity index (χ3v) is 7.50. The van der Waals surface area contributed by atoms with E-state index >= 15 is 0 Å². The minimum Gasteiger partial charge on any atom is -0.259 e. The summed E-state index contributed by atoms with van der Waals surface area (Å²) in [5, 5.41) is 4.62. The second-order valence-electron chi connectivity index (χ2n) is 9.38. The van der Waals surface area contributed by atoms with E-state index < -0.39 is 22.7 Å². The van der Waals surface area contributed by atoms with Gasteiger partial charge in [0.2, 0.25) is 0 Å². The molecule has 34 heavy (non-hydrogen) atoms. The van der Waals surface area contributed by atoms with E-state index in [1.165, 1.54) is 24.3 Å². The Balaban J connectivity index is 1.73. The summed E-state index contributed by atoms with van der Waals surface area (Å²) in [5.41, 5.74) is 1.15. The monoisotopic (exact) mass is 557 g/mol. The average Bonchev–Trinajstić information content (AvgIpc) is 3.48. The molecule has 1 heterocycles. The maximum Gasteiger partial charge on any atom is 0.416 e. The van der Waals surface area contributed by atoms with Crippen LogP contribution in [0.15, 0.2) is 58.0 Å². The Kier molecular flexibility index (Phi) is 6.78. The van der Waals surface area contributed by atoms with Gasteiger partial charge < -0.3 is 0 Å². The lowest BCUT2D eigenvalue weighted by atomic mass is 9.98. The van der Waals surface area contributed by atoms with Gasteiger partial charge in [0.15, 0.2) is 0 Å². The largest absolute Gasteiger partial charge is 0.416 e. The molecular formula is C24H24BrF4N3OS. The predicted molar refractivity (Wildman–Crippen MR) is 127 cm³/mol. The zero-order valence-electron chi connectivity index (χ0n) is 18.8. The summed E-state index contributed by atoms with van der Waals surface area (Å²) < 4.78 is 71.2. The summed E-state index contributed by atoms with van der Waals surface area (Å²) in [4.78, 5) is 0.256. The number of benzene rings is 2. The molecule has 4 rings (SSSR count). The quantitative estimate of drug-likeness (QED) is 0.332. The Hall–Kier alpha value is -2.04. The van der Waals surface area contributed by atoms with E-state index in [9.17, 15) is 21.8 Å². The van der Waals surface area contributed by atoms with E-state index in [-0.39, 0.29) is 28.2 Å². The molecule has 1 saturated carbocycles. The van der Waals surface area contributed by atoms with Crippen LogP contribution >= 0.6 is 15.9 Å². The second kappa shape index (κ2) is 9.20. The van der Waals surface area contributed by atoms with Crippen LogP contribution in [-0.4, -0.2) is 14.0 Å². The zero-order chi connectivity index (χ0) is 24.8. The van der Waals surface area contributed by atoms with Gasteiger partial charge in [-0.25, -0.2) is 13.3 Å². The van der Waals surface area contributed by atoms with Gasteiger partial charge in [-0.2, -0.15) is 18.3 Å². The van der Waals surface area contributed by atoms with Gasteiger partial charge in [-0.3, -0.25) is 4.68 Å². The Bertz CT molecular complexity index is 1210. The lowest BCUT2D eigenvalue weighted by Gasteiger charge is -2.25. The molecule has 1 aliphatic carbocycles. The fourth-order valence-electron chi connectivity index (χ4n) is 3.84. The van der Waals surface area contributed by atoms with Crippen LogP contribution in [0, 0.1) is 11.7 Å². The number of nitrogens with zero attached hydrogens (tertiary/aromatic N) is 2. The van der Waals surface area contributed by atoms with Crippen molar-refractivity contribution in [3.63, 3.8) is 0 Å². The highest BCUT2D eigenvalue weighted by atomic mass is 79.9. The SMILES string of the molecule is CC(C)(C)n1ncc([C@H](NS(=O)c2ccc(C(F)(F)F)cc2)C2CC2)c1-c1ccc(F)cc1Br. The summed E-state index contributed by atoms with van der Waals surface area (Å²) in [6, 6.07) is 8.42. The maximum absolute atomic E-state index is 13.8. The van der Waals surface area contributed by atoms with Crippen molar-refractivity contribution in [2.24, 2.45) is 5.92 Å². The second-order valence-corrected chi connectivity index (χ2v) is 11.5. The number of halogens is 5. The summed E-state index contributed by atoms with van der Waals surface area (Å²) in [6.07, 6.45) is -0.876. The van der Waals surface area contributed by atoms with Crippen molar-refractivity contribution < 1.29 is 21.8 Å². The number of aromatic nitrogens is 2. The number of hydrogen-bond donors (Lipinski definition) is 1. The van der Waals surface area contributed by atoms with Gasteiger partial charge in [0, 0.05) is 15.6 Å². The average molecular weight is 558 g/mol. The van der Waals surface area contributed by atoms with Gasteiger partial charge >= 0.3 is 6.18 Å². The maximum atomic E-state index is 13.8. The van der Waals surface area contributed by atoms with E-state index in [0.717, 1.165) is 41.8 Å². The highest BCUT2D eigenvalue weighted by Gasteiger charge is 2.38. The first kappa shape index (κ1) is 25.1. The Labute approximate surface area is 206 Å². The normalized spacial score (nSPS) is 16.5. The van der Waals surface area contributed by atoms with Crippen molar-refractivity contribution in [1.82, 2.24) is 14.5 Å². The van der Waals surface area contributed by atoms with Crippen LogP contribution in [0.25, 0.3) is 11.3 Å². The van der Waals surface area contributed by atoms with Gasteiger partial charge in [-0.05, 0) is 97.9 Å². The predicted octanol–water partition coefficient (Wildman–Crippen LogP) is 6.99. The fourth-order valence-corrected chi connectivity index (χ4v) is 5.45. The molecule has 1 aromatic heterocycles. The van der Waals surface area contributed by atoms with Crippen molar-refractivity contribution in [3.05, 3.63) is 70.1 Å². The van der Waals surface area contributed by atoms with Crippen LogP contribution in [0.5, 0.6) is 0 Å². The molecule has 1 aliphatic rings. The molecule has 0 radical (unpaired) electrons. The van der Waals surface area contributed by atoms with E-state index in [1.807, 2.05) is 25.5 Å². The minimum atomic E-state index is -4.46. The Morgan fingerprint density at radius 3 is 2.29 bits per heavy atom. The molecule has 2 atom stereocenters. The number of nitrogens with one attached hydrogen (secondary N) is 1. The van der Waals surface area contributed by atoms with Crippen molar-refractivity contribution in [1.29, 1.82) is 0 Å².